The van der Waals surface area contributed by atoms with E-state index in [2.05, 4.69) is 5.32 Å². The third-order valence-corrected chi connectivity index (χ3v) is 4.88. The number of hydrogen-bond acceptors (Lipinski definition) is 4. The van der Waals surface area contributed by atoms with Crippen molar-refractivity contribution in [2.24, 2.45) is 0 Å². The third kappa shape index (κ3) is 2.54. The molecule has 1 aromatic heterocycles. The minimum Gasteiger partial charge on any atom is -0.477 e. The van der Waals surface area contributed by atoms with Gasteiger partial charge in [0.2, 0.25) is 15.9 Å². The number of carboxylic acid groups (broad SMARTS) is 1. The maximum Gasteiger partial charge on any atom is 0.352 e. The zero-order valence-electron chi connectivity index (χ0n) is 10.9. The fourth-order valence-corrected chi connectivity index (χ4v) is 3.47. The molecule has 110 valence electrons. The van der Waals surface area contributed by atoms with Gasteiger partial charge in [0.05, 0.1) is 6.54 Å². The molecular formula is C11H15N3O5S. The molecule has 1 amide bonds. The molecule has 1 aliphatic heterocycles. The number of carboxylic acids is 1. The maximum atomic E-state index is 12.4. The molecule has 0 atom stereocenters. The zero-order valence-corrected chi connectivity index (χ0v) is 11.7. The average molecular weight is 301 g/mol. The molecule has 2 heterocycles. The van der Waals surface area contributed by atoms with Gasteiger partial charge in [0.25, 0.3) is 0 Å². The molecule has 8 nitrogen and oxygen atoms in total. The Morgan fingerprint density at radius 2 is 2.20 bits per heavy atom. The largest absolute Gasteiger partial charge is 0.477 e. The second kappa shape index (κ2) is 5.25. The zero-order chi connectivity index (χ0) is 14.9. The van der Waals surface area contributed by atoms with Crippen LogP contribution in [0.1, 0.15) is 17.4 Å². The maximum absolute atomic E-state index is 12.4. The normalized spacial score (nSPS) is 16.9. The minimum absolute atomic E-state index is 0.0902. The Morgan fingerprint density at radius 3 is 2.70 bits per heavy atom. The summed E-state index contributed by atoms with van der Waals surface area (Å²) in [7, 11) is -3.85. The second-order valence-electron chi connectivity index (χ2n) is 4.34. The summed E-state index contributed by atoms with van der Waals surface area (Å²) in [6, 6.07) is 1.12. The lowest BCUT2D eigenvalue weighted by Crippen LogP contribution is -2.49. The Labute approximate surface area is 116 Å². The molecular weight excluding hydrogens is 286 g/mol. The quantitative estimate of drug-likeness (QED) is 0.766. The number of sulfonamides is 1. The van der Waals surface area contributed by atoms with Gasteiger partial charge in [0.15, 0.2) is 0 Å². The van der Waals surface area contributed by atoms with E-state index in [0.717, 1.165) is 10.4 Å². The summed E-state index contributed by atoms with van der Waals surface area (Å²) in [5.74, 6) is -1.56. The number of amides is 1. The fraction of sp³-hybridized carbons (Fsp3) is 0.455. The topological polar surface area (TPSA) is 109 Å². The number of rotatable bonds is 4. The number of nitrogens with zero attached hydrogens (tertiary/aromatic N) is 2. The van der Waals surface area contributed by atoms with Crippen LogP contribution >= 0.6 is 0 Å². The van der Waals surface area contributed by atoms with E-state index in [0.29, 0.717) is 6.54 Å². The van der Waals surface area contributed by atoms with Crippen LogP contribution in [-0.4, -0.2) is 53.9 Å². The molecule has 0 spiro atoms. The van der Waals surface area contributed by atoms with Crippen molar-refractivity contribution in [3.8, 4) is 0 Å². The van der Waals surface area contributed by atoms with Gasteiger partial charge in [-0.3, -0.25) is 4.79 Å². The Hall–Kier alpha value is -1.87. The second-order valence-corrected chi connectivity index (χ2v) is 6.28. The van der Waals surface area contributed by atoms with E-state index in [1.807, 2.05) is 0 Å². The van der Waals surface area contributed by atoms with Crippen molar-refractivity contribution in [3.05, 3.63) is 18.0 Å². The molecule has 20 heavy (non-hydrogen) atoms. The highest BCUT2D eigenvalue weighted by Crippen LogP contribution is 2.19. The van der Waals surface area contributed by atoms with Gasteiger partial charge in [-0.05, 0) is 13.0 Å². The van der Waals surface area contributed by atoms with Gasteiger partial charge in [0.1, 0.15) is 10.6 Å². The van der Waals surface area contributed by atoms with Crippen LogP contribution in [0.3, 0.4) is 0 Å². The van der Waals surface area contributed by atoms with Crippen LogP contribution in [-0.2, 0) is 21.4 Å². The van der Waals surface area contributed by atoms with E-state index in [4.69, 9.17) is 5.11 Å². The Balaban J connectivity index is 2.39. The summed E-state index contributed by atoms with van der Waals surface area (Å²) >= 11 is 0. The highest BCUT2D eigenvalue weighted by molar-refractivity contribution is 7.89. The van der Waals surface area contributed by atoms with Gasteiger partial charge in [0, 0.05) is 25.8 Å². The first-order chi connectivity index (χ1) is 9.36. The lowest BCUT2D eigenvalue weighted by atomic mass is 10.4. The summed E-state index contributed by atoms with van der Waals surface area (Å²) in [6.07, 6.45) is 1.28. The van der Waals surface area contributed by atoms with Crippen molar-refractivity contribution in [2.45, 2.75) is 18.4 Å². The van der Waals surface area contributed by atoms with Gasteiger partial charge in [-0.1, -0.05) is 0 Å². The number of aromatic nitrogens is 1. The minimum atomic E-state index is -3.85. The number of piperazine rings is 1. The van der Waals surface area contributed by atoms with E-state index < -0.39 is 16.0 Å². The number of carbonyl (C=O) groups is 2. The van der Waals surface area contributed by atoms with Crippen molar-refractivity contribution in [1.29, 1.82) is 0 Å². The van der Waals surface area contributed by atoms with Crippen LogP contribution in [0.2, 0.25) is 0 Å². The smallest absolute Gasteiger partial charge is 0.352 e. The molecule has 1 aliphatic rings. The standard InChI is InChI=1S/C11H15N3O5S/c1-2-13-6-8(5-9(13)11(16)17)20(18,19)14-4-3-12-10(15)7-14/h5-6H,2-4,7H2,1H3,(H,12,15)(H,16,17). The van der Waals surface area contributed by atoms with E-state index in [1.165, 1.54) is 10.8 Å². The van der Waals surface area contributed by atoms with Crippen molar-refractivity contribution in [3.63, 3.8) is 0 Å². The number of aryl methyl sites for hydroxylation is 1. The number of carbonyl (C=O) groups excluding carboxylic acids is 1. The lowest BCUT2D eigenvalue weighted by molar-refractivity contribution is -0.122. The van der Waals surface area contributed by atoms with Crippen LogP contribution in [0.5, 0.6) is 0 Å². The molecule has 0 radical (unpaired) electrons. The van der Waals surface area contributed by atoms with Gasteiger partial charge >= 0.3 is 5.97 Å². The van der Waals surface area contributed by atoms with Crippen LogP contribution in [0.4, 0.5) is 0 Å². The van der Waals surface area contributed by atoms with Gasteiger partial charge < -0.3 is 15.0 Å². The molecule has 0 aromatic carbocycles. The van der Waals surface area contributed by atoms with Crippen molar-refractivity contribution in [1.82, 2.24) is 14.2 Å². The highest BCUT2D eigenvalue weighted by Gasteiger charge is 2.31. The van der Waals surface area contributed by atoms with E-state index in [9.17, 15) is 18.0 Å². The monoisotopic (exact) mass is 301 g/mol. The average Bonchev–Trinajstić information content (AvgIpc) is 2.83. The molecule has 1 fully saturated rings. The van der Waals surface area contributed by atoms with Crippen molar-refractivity contribution < 1.29 is 23.1 Å². The first-order valence-corrected chi connectivity index (χ1v) is 7.50. The molecule has 9 heteroatoms. The Bertz CT molecular complexity index is 649. The summed E-state index contributed by atoms with van der Waals surface area (Å²) in [5, 5.41) is 11.6. The number of nitrogens with one attached hydrogen (secondary N) is 1. The van der Waals surface area contributed by atoms with Gasteiger partial charge in [-0.2, -0.15) is 4.31 Å². The Kier molecular flexibility index (Phi) is 3.82. The van der Waals surface area contributed by atoms with E-state index in [-0.39, 0.29) is 36.1 Å². The SMILES string of the molecule is CCn1cc(S(=O)(=O)N2CCNC(=O)C2)cc1C(=O)O. The molecule has 0 bridgehead atoms. The van der Waals surface area contributed by atoms with Gasteiger partial charge in [-0.25, -0.2) is 13.2 Å². The van der Waals surface area contributed by atoms with E-state index >= 15 is 0 Å². The molecule has 2 rings (SSSR count). The van der Waals surface area contributed by atoms with Crippen molar-refractivity contribution in [2.75, 3.05) is 19.6 Å². The van der Waals surface area contributed by atoms with Crippen molar-refractivity contribution >= 4 is 21.9 Å². The molecule has 1 saturated heterocycles. The predicted molar refractivity (Wildman–Crippen MR) is 68.8 cm³/mol. The summed E-state index contributed by atoms with van der Waals surface area (Å²) in [5.41, 5.74) is -0.0902. The fourth-order valence-electron chi connectivity index (χ4n) is 2.03. The van der Waals surface area contributed by atoms with E-state index in [1.54, 1.807) is 6.92 Å². The summed E-state index contributed by atoms with van der Waals surface area (Å²) < 4.78 is 27.1. The van der Waals surface area contributed by atoms with Gasteiger partial charge in [-0.15, -0.1) is 0 Å². The van der Waals surface area contributed by atoms with Crippen LogP contribution in [0.15, 0.2) is 17.2 Å². The van der Waals surface area contributed by atoms with Crippen LogP contribution in [0, 0.1) is 0 Å². The Morgan fingerprint density at radius 1 is 1.50 bits per heavy atom. The first kappa shape index (κ1) is 14.5. The summed E-state index contributed by atoms with van der Waals surface area (Å²) in [4.78, 5) is 22.2. The third-order valence-electron chi connectivity index (χ3n) is 3.07. The lowest BCUT2D eigenvalue weighted by Gasteiger charge is -2.25. The predicted octanol–water partition coefficient (Wildman–Crippen LogP) is -0.673. The van der Waals surface area contributed by atoms with Crippen LogP contribution in [0.25, 0.3) is 0 Å². The molecule has 1 aromatic rings. The number of aromatic carboxylic acids is 1. The first-order valence-electron chi connectivity index (χ1n) is 6.06. The van der Waals surface area contributed by atoms with Crippen LogP contribution < -0.4 is 5.32 Å². The highest BCUT2D eigenvalue weighted by atomic mass is 32.2. The molecule has 2 N–H and O–H groups in total. The molecule has 0 aliphatic carbocycles. The summed E-state index contributed by atoms with van der Waals surface area (Å²) in [6.45, 7) is 2.24. The molecule has 0 unspecified atom stereocenters. The molecule has 0 saturated carbocycles. The number of hydrogen-bond donors (Lipinski definition) is 2.